The maximum Gasteiger partial charge on any atom is 0.307 e. The number of carbonyl (C=O) groups is 2. The molecule has 0 unspecified atom stereocenters. The van der Waals surface area contributed by atoms with Crippen molar-refractivity contribution >= 4 is 17.5 Å². The number of carboxylic acids is 1. The lowest BCUT2D eigenvalue weighted by molar-refractivity contribution is -0.138. The summed E-state index contributed by atoms with van der Waals surface area (Å²) in [6.45, 7) is 1.67. The molecule has 216 valence electrons. The number of halogens is 3. The van der Waals surface area contributed by atoms with E-state index in [-0.39, 0.29) is 35.1 Å². The van der Waals surface area contributed by atoms with E-state index in [1.165, 1.54) is 39.7 Å². The predicted octanol–water partition coefficient (Wildman–Crippen LogP) is 6.15. The highest BCUT2D eigenvalue weighted by molar-refractivity contribution is 5.94. The van der Waals surface area contributed by atoms with Crippen LogP contribution in [0.2, 0.25) is 0 Å². The number of aromatic nitrogens is 4. The monoisotopic (exact) mass is 583 g/mol. The third kappa shape index (κ3) is 4.61. The van der Waals surface area contributed by atoms with Crippen LogP contribution in [0.4, 0.5) is 13.2 Å². The highest BCUT2D eigenvalue weighted by Crippen LogP contribution is 2.48. The molecule has 43 heavy (non-hydrogen) atoms. The first-order chi connectivity index (χ1) is 20.7. The lowest BCUT2D eigenvalue weighted by Crippen LogP contribution is -2.40. The van der Waals surface area contributed by atoms with Gasteiger partial charge in [0.05, 0.1) is 41.8 Å². The number of hydrogen-bond donors (Lipinski definition) is 1. The average Bonchev–Trinajstić information content (AvgIpc) is 3.71. The summed E-state index contributed by atoms with van der Waals surface area (Å²) < 4.78 is 45.6. The Labute approximate surface area is 243 Å². The van der Waals surface area contributed by atoms with Crippen LogP contribution in [0.15, 0.2) is 72.9 Å². The summed E-state index contributed by atoms with van der Waals surface area (Å²) >= 11 is 0. The minimum atomic E-state index is -1.37. The molecule has 0 saturated heterocycles. The first kappa shape index (κ1) is 26.8. The van der Waals surface area contributed by atoms with Crippen molar-refractivity contribution < 1.29 is 27.9 Å². The first-order valence-corrected chi connectivity index (χ1v) is 13.8. The van der Waals surface area contributed by atoms with Gasteiger partial charge in [-0.3, -0.25) is 14.6 Å². The molecular weight excluding hydrogens is 559 g/mol. The lowest BCUT2D eigenvalue weighted by atomic mass is 9.92. The number of aliphatic carboxylic acids is 1. The van der Waals surface area contributed by atoms with Gasteiger partial charge in [-0.25, -0.2) is 22.7 Å². The fraction of sp³-hybridized carbons (Fsp3) is 0.219. The molecule has 1 aliphatic heterocycles. The molecule has 2 aliphatic rings. The number of hydrogen-bond acceptors (Lipinski definition) is 5. The number of nitrogens with zero attached hydrogens (tertiary/aromatic N) is 5. The molecule has 8 nitrogen and oxygen atoms in total. The third-order valence-electron chi connectivity index (χ3n) is 8.31. The maximum absolute atomic E-state index is 15.3. The van der Waals surface area contributed by atoms with Crippen molar-refractivity contribution in [2.75, 3.05) is 6.54 Å². The molecule has 3 aromatic heterocycles. The van der Waals surface area contributed by atoms with E-state index in [4.69, 9.17) is 0 Å². The molecule has 4 heterocycles. The van der Waals surface area contributed by atoms with Crippen molar-refractivity contribution in [3.63, 3.8) is 0 Å². The van der Waals surface area contributed by atoms with Gasteiger partial charge in [-0.2, -0.15) is 5.10 Å². The van der Waals surface area contributed by atoms with Crippen LogP contribution in [0.1, 0.15) is 58.7 Å². The average molecular weight is 584 g/mol. The summed E-state index contributed by atoms with van der Waals surface area (Å²) in [5.41, 5.74) is 3.05. The second kappa shape index (κ2) is 10.0. The van der Waals surface area contributed by atoms with Crippen molar-refractivity contribution in [1.29, 1.82) is 0 Å². The quantitative estimate of drug-likeness (QED) is 0.266. The molecule has 2 aromatic carbocycles. The van der Waals surface area contributed by atoms with Crippen LogP contribution in [-0.2, 0) is 4.79 Å². The van der Waals surface area contributed by atoms with Gasteiger partial charge in [0.25, 0.3) is 5.91 Å². The minimum Gasteiger partial charge on any atom is -0.481 e. The van der Waals surface area contributed by atoms with E-state index in [2.05, 4.69) is 15.1 Å². The molecule has 1 amide bonds. The molecule has 1 aliphatic carbocycles. The Morgan fingerprint density at radius 1 is 0.977 bits per heavy atom. The summed E-state index contributed by atoms with van der Waals surface area (Å²) in [4.78, 5) is 35.2. The molecule has 1 N–H and O–H groups in total. The highest BCUT2D eigenvalue weighted by atomic mass is 19.1. The Hall–Kier alpha value is -5.06. The Balaban J connectivity index is 1.30. The SMILES string of the molecule is C[C@@H]1c2ccccc2[C@@H](F)CN1C(=O)c1cc(-c2ccc(F)cn2)n2nc(-c3ccc([C@H]4C[C@@H]4C(=O)O)cc3F)cc2n1. The van der Waals surface area contributed by atoms with Gasteiger partial charge in [-0.05, 0) is 66.3 Å². The summed E-state index contributed by atoms with van der Waals surface area (Å²) in [6.07, 6.45) is 0.125. The standard InChI is InChI=1S/C32H24F3N5O3/c1-16-19-4-2-3-5-20(19)25(35)15-39(16)31(41)28-12-29(26-9-7-18(33)14-36-26)40-30(37-28)13-27(38-40)21-8-6-17(10-24(21)34)22-11-23(22)32(42)43/h2-10,12-14,16,22-23,25H,11,15H2,1H3,(H,42,43)/t16-,22-,23+,25+/m1/s1. The van der Waals surface area contributed by atoms with Gasteiger partial charge in [-0.1, -0.05) is 30.3 Å². The van der Waals surface area contributed by atoms with Gasteiger partial charge in [-0.15, -0.1) is 0 Å². The Bertz CT molecular complexity index is 1930. The van der Waals surface area contributed by atoms with Crippen LogP contribution < -0.4 is 0 Å². The van der Waals surface area contributed by atoms with E-state index < -0.39 is 41.6 Å². The predicted molar refractivity (Wildman–Crippen MR) is 150 cm³/mol. The molecule has 4 atom stereocenters. The summed E-state index contributed by atoms with van der Waals surface area (Å²) in [6, 6.07) is 16.8. The molecule has 1 saturated carbocycles. The van der Waals surface area contributed by atoms with Crippen molar-refractivity contribution in [3.05, 3.63) is 107 Å². The zero-order valence-electron chi connectivity index (χ0n) is 22.8. The van der Waals surface area contributed by atoms with Gasteiger partial charge >= 0.3 is 5.97 Å². The van der Waals surface area contributed by atoms with Crippen molar-refractivity contribution in [2.45, 2.75) is 31.5 Å². The molecule has 0 radical (unpaired) electrons. The smallest absolute Gasteiger partial charge is 0.307 e. The van der Waals surface area contributed by atoms with Crippen molar-refractivity contribution in [2.24, 2.45) is 5.92 Å². The number of alkyl halides is 1. The molecule has 1 fully saturated rings. The number of fused-ring (bicyclic) bond motifs is 2. The number of benzene rings is 2. The topological polar surface area (TPSA) is 101 Å². The normalized spacial score (nSPS) is 21.1. The fourth-order valence-electron chi connectivity index (χ4n) is 5.91. The lowest BCUT2D eigenvalue weighted by Gasteiger charge is -2.36. The maximum atomic E-state index is 15.3. The van der Waals surface area contributed by atoms with Crippen LogP contribution in [0, 0.1) is 17.6 Å². The Morgan fingerprint density at radius 3 is 2.47 bits per heavy atom. The second-order valence-electron chi connectivity index (χ2n) is 10.9. The van der Waals surface area contributed by atoms with Gasteiger partial charge in [0.1, 0.15) is 23.5 Å². The van der Waals surface area contributed by atoms with E-state index >= 15 is 8.78 Å². The zero-order valence-corrected chi connectivity index (χ0v) is 22.8. The van der Waals surface area contributed by atoms with E-state index in [1.807, 2.05) is 6.92 Å². The number of rotatable bonds is 5. The molecule has 7 rings (SSSR count). The van der Waals surface area contributed by atoms with Crippen LogP contribution >= 0.6 is 0 Å². The summed E-state index contributed by atoms with van der Waals surface area (Å²) in [5, 5.41) is 13.8. The van der Waals surface area contributed by atoms with Crippen LogP contribution in [0.5, 0.6) is 0 Å². The van der Waals surface area contributed by atoms with E-state index in [1.54, 1.807) is 36.4 Å². The number of carbonyl (C=O) groups excluding carboxylic acids is 1. The second-order valence-corrected chi connectivity index (χ2v) is 10.9. The Morgan fingerprint density at radius 2 is 1.77 bits per heavy atom. The van der Waals surface area contributed by atoms with Crippen LogP contribution in [-0.4, -0.2) is 48.0 Å². The highest BCUT2D eigenvalue weighted by Gasteiger charge is 2.44. The first-order valence-electron chi connectivity index (χ1n) is 13.8. The summed E-state index contributed by atoms with van der Waals surface area (Å²) in [7, 11) is 0. The largest absolute Gasteiger partial charge is 0.481 e. The number of amides is 1. The van der Waals surface area contributed by atoms with Gasteiger partial charge in [0, 0.05) is 11.6 Å². The van der Waals surface area contributed by atoms with E-state index in [0.717, 1.165) is 6.20 Å². The summed E-state index contributed by atoms with van der Waals surface area (Å²) in [5.74, 6) is -3.30. The minimum absolute atomic E-state index is 0.00257. The van der Waals surface area contributed by atoms with Crippen molar-refractivity contribution in [1.82, 2.24) is 24.5 Å². The van der Waals surface area contributed by atoms with E-state index in [0.29, 0.717) is 34.5 Å². The van der Waals surface area contributed by atoms with Gasteiger partial charge in [0.15, 0.2) is 5.65 Å². The molecule has 5 aromatic rings. The van der Waals surface area contributed by atoms with Crippen LogP contribution in [0.25, 0.3) is 28.3 Å². The van der Waals surface area contributed by atoms with Gasteiger partial charge < -0.3 is 10.0 Å². The molecule has 0 bridgehead atoms. The third-order valence-corrected chi connectivity index (χ3v) is 8.31. The van der Waals surface area contributed by atoms with E-state index in [9.17, 15) is 19.1 Å². The molecule has 0 spiro atoms. The van der Waals surface area contributed by atoms with Crippen LogP contribution in [0.3, 0.4) is 0 Å². The Kier molecular flexibility index (Phi) is 6.26. The molecule has 11 heteroatoms. The van der Waals surface area contributed by atoms with Crippen molar-refractivity contribution in [3.8, 4) is 22.6 Å². The number of pyridine rings is 1. The van der Waals surface area contributed by atoms with Gasteiger partial charge in [0.2, 0.25) is 0 Å². The zero-order chi connectivity index (χ0) is 30.0. The molecular formula is C32H24F3N5O3. The fourth-order valence-corrected chi connectivity index (χ4v) is 5.91. The number of carboxylic acid groups (broad SMARTS) is 1.